The van der Waals surface area contributed by atoms with Crippen LogP contribution in [0.1, 0.15) is 69.4 Å². The zero-order valence-corrected chi connectivity index (χ0v) is 17.2. The summed E-state index contributed by atoms with van der Waals surface area (Å²) in [5.74, 6) is 4.16. The Morgan fingerprint density at radius 1 is 0.897 bits per heavy atom. The molecule has 0 aliphatic carbocycles. The topological polar surface area (TPSA) is 93.1 Å². The van der Waals surface area contributed by atoms with E-state index in [0.717, 1.165) is 12.0 Å². The lowest BCUT2D eigenvalue weighted by Crippen LogP contribution is -2.17. The van der Waals surface area contributed by atoms with Crippen LogP contribution in [0.2, 0.25) is 0 Å². The van der Waals surface area contributed by atoms with E-state index in [1.54, 1.807) is 0 Å². The van der Waals surface area contributed by atoms with E-state index in [4.69, 9.17) is 19.7 Å². The lowest BCUT2D eigenvalue weighted by Gasteiger charge is -2.12. The van der Waals surface area contributed by atoms with Crippen molar-refractivity contribution < 1.29 is 29.3 Å². The predicted octanol–water partition coefficient (Wildman–Crippen LogP) is 4.25. The summed E-state index contributed by atoms with van der Waals surface area (Å²) in [5, 5.41) is 17.4. The van der Waals surface area contributed by atoms with Gasteiger partial charge >= 0.3 is 11.9 Å². The largest absolute Gasteiger partial charge is 0.481 e. The van der Waals surface area contributed by atoms with Crippen LogP contribution in [0.15, 0.2) is 24.3 Å². The molecule has 160 valence electrons. The molecule has 0 amide bonds. The fraction of sp³-hybridized carbons (Fsp3) is 0.565. The summed E-state index contributed by atoms with van der Waals surface area (Å²) in [7, 11) is 0. The first-order valence-electron chi connectivity index (χ1n) is 10.3. The van der Waals surface area contributed by atoms with E-state index in [9.17, 15) is 9.59 Å². The Labute approximate surface area is 173 Å². The number of aliphatic carboxylic acids is 2. The Kier molecular flexibility index (Phi) is 13.2. The third kappa shape index (κ3) is 13.4. The third-order valence-electron chi connectivity index (χ3n) is 4.22. The molecule has 1 aromatic rings. The molecular weight excluding hydrogens is 372 g/mol. The molecule has 0 bridgehead atoms. The number of aryl methyl sites for hydroxylation is 1. The molecular formula is C23H32O6. The lowest BCUT2D eigenvalue weighted by molar-refractivity contribution is -0.139. The van der Waals surface area contributed by atoms with E-state index in [-0.39, 0.29) is 26.1 Å². The maximum atomic E-state index is 10.6. The Morgan fingerprint density at radius 3 is 2.00 bits per heavy atom. The summed E-state index contributed by atoms with van der Waals surface area (Å²) in [6.07, 6.45) is 5.93. The second-order valence-corrected chi connectivity index (χ2v) is 6.85. The van der Waals surface area contributed by atoms with Crippen molar-refractivity contribution in [2.75, 3.05) is 13.2 Å². The van der Waals surface area contributed by atoms with Gasteiger partial charge in [-0.2, -0.15) is 0 Å². The third-order valence-corrected chi connectivity index (χ3v) is 4.22. The second-order valence-electron chi connectivity index (χ2n) is 6.85. The first kappa shape index (κ1) is 24.7. The normalized spacial score (nSPS) is 10.6. The smallest absolute Gasteiger partial charge is 0.303 e. The quantitative estimate of drug-likeness (QED) is 0.258. The molecule has 0 saturated carbocycles. The zero-order valence-electron chi connectivity index (χ0n) is 17.2. The van der Waals surface area contributed by atoms with Crippen molar-refractivity contribution in [1.82, 2.24) is 0 Å². The summed E-state index contributed by atoms with van der Waals surface area (Å²) in [6.45, 7) is 2.62. The molecule has 1 aromatic carbocycles. The monoisotopic (exact) mass is 404 g/mol. The van der Waals surface area contributed by atoms with Crippen LogP contribution in [-0.4, -0.2) is 41.7 Å². The van der Waals surface area contributed by atoms with Crippen LogP contribution in [-0.2, 0) is 25.5 Å². The maximum Gasteiger partial charge on any atom is 0.303 e. The summed E-state index contributed by atoms with van der Waals surface area (Å²) in [5.41, 5.74) is 2.13. The minimum atomic E-state index is -0.881. The number of hydrogen-bond acceptors (Lipinski definition) is 4. The highest BCUT2D eigenvalue weighted by Gasteiger charge is 2.07. The van der Waals surface area contributed by atoms with Crippen molar-refractivity contribution in [2.45, 2.75) is 71.0 Å². The van der Waals surface area contributed by atoms with Crippen molar-refractivity contribution >= 4 is 11.9 Å². The second kappa shape index (κ2) is 15.5. The highest BCUT2D eigenvalue weighted by atomic mass is 16.7. The Bertz CT molecular complexity index is 634. The fourth-order valence-electron chi connectivity index (χ4n) is 2.61. The molecule has 0 aliphatic rings. The highest BCUT2D eigenvalue weighted by molar-refractivity contribution is 5.66. The van der Waals surface area contributed by atoms with Gasteiger partial charge in [-0.25, -0.2) is 0 Å². The van der Waals surface area contributed by atoms with E-state index in [0.29, 0.717) is 12.8 Å². The molecule has 0 fully saturated rings. The first-order chi connectivity index (χ1) is 14.0. The van der Waals surface area contributed by atoms with Crippen LogP contribution in [0.25, 0.3) is 0 Å². The Hall–Kier alpha value is -2.36. The van der Waals surface area contributed by atoms with Gasteiger partial charge in [-0.15, -0.1) is 0 Å². The van der Waals surface area contributed by atoms with E-state index < -0.39 is 18.2 Å². The molecule has 0 aliphatic heterocycles. The summed E-state index contributed by atoms with van der Waals surface area (Å²) >= 11 is 0. The molecule has 29 heavy (non-hydrogen) atoms. The van der Waals surface area contributed by atoms with Gasteiger partial charge < -0.3 is 19.7 Å². The number of benzene rings is 1. The van der Waals surface area contributed by atoms with Gasteiger partial charge in [0.15, 0.2) is 0 Å². The molecule has 0 unspecified atom stereocenters. The van der Waals surface area contributed by atoms with Crippen LogP contribution >= 0.6 is 0 Å². The standard InChI is InChI=1S/C23H32O6/c1-2-3-4-5-8-19-11-13-20(14-12-19)15-16-23(28-17-6-9-21(24)25)29-18-7-10-22(26)27/h11-14,23H,2-10,17-18H2,1H3,(H,24,25)(H,26,27). The molecule has 0 heterocycles. The molecule has 1 rings (SSSR count). The summed E-state index contributed by atoms with van der Waals surface area (Å²) in [4.78, 5) is 21.2. The van der Waals surface area contributed by atoms with E-state index in [1.165, 1.54) is 31.2 Å². The molecule has 6 nitrogen and oxygen atoms in total. The minimum Gasteiger partial charge on any atom is -0.481 e. The van der Waals surface area contributed by atoms with Gasteiger partial charge in [-0.3, -0.25) is 9.59 Å². The predicted molar refractivity (Wildman–Crippen MR) is 111 cm³/mol. The van der Waals surface area contributed by atoms with Crippen molar-refractivity contribution in [3.8, 4) is 11.8 Å². The average Bonchev–Trinajstić information content (AvgIpc) is 2.69. The summed E-state index contributed by atoms with van der Waals surface area (Å²) in [6, 6.07) is 8.08. The van der Waals surface area contributed by atoms with Crippen LogP contribution in [0, 0.1) is 11.8 Å². The van der Waals surface area contributed by atoms with Crippen LogP contribution in [0.4, 0.5) is 0 Å². The van der Waals surface area contributed by atoms with E-state index >= 15 is 0 Å². The number of carboxylic acid groups (broad SMARTS) is 2. The zero-order chi connectivity index (χ0) is 21.3. The molecule has 0 aromatic heterocycles. The van der Waals surface area contributed by atoms with Gasteiger partial charge in [-0.05, 0) is 49.3 Å². The van der Waals surface area contributed by atoms with Crippen LogP contribution < -0.4 is 0 Å². The van der Waals surface area contributed by atoms with Crippen molar-refractivity contribution in [2.24, 2.45) is 0 Å². The van der Waals surface area contributed by atoms with Gasteiger partial charge in [0, 0.05) is 18.4 Å². The highest BCUT2D eigenvalue weighted by Crippen LogP contribution is 2.09. The number of carbonyl (C=O) groups is 2. The lowest BCUT2D eigenvalue weighted by atomic mass is 10.0. The van der Waals surface area contributed by atoms with Gasteiger partial charge in [0.1, 0.15) is 0 Å². The Morgan fingerprint density at radius 2 is 1.48 bits per heavy atom. The first-order valence-corrected chi connectivity index (χ1v) is 10.3. The SMILES string of the molecule is CCCCCCc1ccc(C#CC(OCCCC(=O)O)OCCCC(=O)O)cc1. The average molecular weight is 405 g/mol. The number of unbranched alkanes of at least 4 members (excludes halogenated alkanes) is 3. The van der Waals surface area contributed by atoms with Crippen molar-refractivity contribution in [3.63, 3.8) is 0 Å². The summed E-state index contributed by atoms with van der Waals surface area (Å²) < 4.78 is 11.0. The van der Waals surface area contributed by atoms with E-state index in [1.807, 2.05) is 12.1 Å². The molecule has 0 atom stereocenters. The molecule has 2 N–H and O–H groups in total. The molecule has 0 radical (unpaired) electrons. The number of carboxylic acids is 2. The number of hydrogen-bond donors (Lipinski definition) is 2. The van der Waals surface area contributed by atoms with Crippen LogP contribution in [0.3, 0.4) is 0 Å². The number of rotatable bonds is 15. The fourth-order valence-corrected chi connectivity index (χ4v) is 2.61. The van der Waals surface area contributed by atoms with Gasteiger partial charge in [0.05, 0.1) is 13.2 Å². The molecule has 6 heteroatoms. The van der Waals surface area contributed by atoms with E-state index in [2.05, 4.69) is 30.9 Å². The van der Waals surface area contributed by atoms with Gasteiger partial charge in [0.25, 0.3) is 0 Å². The van der Waals surface area contributed by atoms with Gasteiger partial charge in [-0.1, -0.05) is 44.2 Å². The number of ether oxygens (including phenoxy) is 2. The van der Waals surface area contributed by atoms with Crippen LogP contribution in [0.5, 0.6) is 0 Å². The van der Waals surface area contributed by atoms with Crippen molar-refractivity contribution in [3.05, 3.63) is 35.4 Å². The van der Waals surface area contributed by atoms with Gasteiger partial charge in [0.2, 0.25) is 6.29 Å². The molecule has 0 saturated heterocycles. The Balaban J connectivity index is 2.55. The minimum absolute atomic E-state index is 0.0128. The maximum absolute atomic E-state index is 10.6. The molecule has 0 spiro atoms. The van der Waals surface area contributed by atoms with Crippen molar-refractivity contribution in [1.29, 1.82) is 0 Å².